The minimum absolute atomic E-state index is 0.0290. The first-order valence-electron chi connectivity index (χ1n) is 11.8. The van der Waals surface area contributed by atoms with Crippen LogP contribution in [0.5, 0.6) is 5.75 Å². The number of nitrogens with two attached hydrogens (primary N) is 1. The number of likely N-dealkylation sites (tertiary alicyclic amines) is 1. The zero-order chi connectivity index (χ0) is 23.9. The number of aromatic nitrogens is 4. The van der Waals surface area contributed by atoms with Crippen LogP contribution in [0.4, 0.5) is 20.5 Å². The van der Waals surface area contributed by atoms with Gasteiger partial charge in [0.2, 0.25) is 11.9 Å². The largest absolute Gasteiger partial charge is 0.496 e. The van der Waals surface area contributed by atoms with Crippen LogP contribution in [-0.4, -0.2) is 57.3 Å². The normalized spacial score (nSPS) is 18.6. The molecule has 2 aliphatic rings. The second-order valence-electron chi connectivity index (χ2n) is 9.75. The standard InChI is InChI=1S/C24H31F2N7O/c1-3-4-7-28-21-20-18(30-22(27)31-21)9-29-33(20)11-17-6-5-16(8-19(17)34-2)10-32-14-23(15-32)12-24(25,26)13-23/h5-6,8-9H,3-4,7,10-15H2,1-2H3,(H3,27,28,30,31). The smallest absolute Gasteiger partial charge is 0.249 e. The van der Waals surface area contributed by atoms with E-state index in [1.807, 2.05) is 16.8 Å². The van der Waals surface area contributed by atoms with Gasteiger partial charge in [0.1, 0.15) is 16.8 Å². The first-order chi connectivity index (χ1) is 16.3. The number of alkyl halides is 2. The Morgan fingerprint density at radius 1 is 1.18 bits per heavy atom. The summed E-state index contributed by atoms with van der Waals surface area (Å²) in [5.41, 5.74) is 9.30. The summed E-state index contributed by atoms with van der Waals surface area (Å²) < 4.78 is 34.1. The molecule has 1 spiro atoms. The molecule has 1 aliphatic carbocycles. The van der Waals surface area contributed by atoms with E-state index in [0.717, 1.165) is 61.4 Å². The fourth-order valence-electron chi connectivity index (χ4n) is 5.36. The molecular weight excluding hydrogens is 440 g/mol. The van der Waals surface area contributed by atoms with Crippen molar-refractivity contribution < 1.29 is 13.5 Å². The SMILES string of the molecule is CCCCNc1nc(N)nc2cnn(Cc3ccc(CN4CC5(C4)CC(F)(F)C5)cc3OC)c12. The highest BCUT2D eigenvalue weighted by Crippen LogP contribution is 2.56. The van der Waals surface area contributed by atoms with Gasteiger partial charge in [0.25, 0.3) is 0 Å². The number of benzene rings is 1. The Morgan fingerprint density at radius 2 is 1.97 bits per heavy atom. The monoisotopic (exact) mass is 471 g/mol. The first kappa shape index (κ1) is 22.8. The molecule has 1 aromatic carbocycles. The molecule has 1 saturated heterocycles. The summed E-state index contributed by atoms with van der Waals surface area (Å²) in [6.45, 7) is 5.63. The van der Waals surface area contributed by atoms with Crippen molar-refractivity contribution in [2.75, 3.05) is 37.8 Å². The van der Waals surface area contributed by atoms with Crippen molar-refractivity contribution in [1.82, 2.24) is 24.6 Å². The van der Waals surface area contributed by atoms with E-state index in [1.54, 1.807) is 13.3 Å². The molecule has 3 heterocycles. The van der Waals surface area contributed by atoms with Gasteiger partial charge in [-0.25, -0.2) is 13.8 Å². The van der Waals surface area contributed by atoms with Crippen LogP contribution in [0, 0.1) is 5.41 Å². The van der Waals surface area contributed by atoms with Crippen LogP contribution in [0.3, 0.4) is 0 Å². The number of unbranched alkanes of at least 4 members (excludes halogenated alkanes) is 1. The number of halogens is 2. The van der Waals surface area contributed by atoms with E-state index in [2.05, 4.69) is 38.3 Å². The van der Waals surface area contributed by atoms with Gasteiger partial charge in [0.05, 0.1) is 19.9 Å². The van der Waals surface area contributed by atoms with Gasteiger partial charge in [-0.3, -0.25) is 9.58 Å². The maximum absolute atomic E-state index is 13.3. The Hall–Kier alpha value is -3.01. The van der Waals surface area contributed by atoms with Gasteiger partial charge in [-0.15, -0.1) is 0 Å². The molecular formula is C24H31F2N7O. The number of hydrogen-bond acceptors (Lipinski definition) is 7. The number of anilines is 2. The highest BCUT2D eigenvalue weighted by molar-refractivity contribution is 5.86. The third kappa shape index (κ3) is 4.38. The van der Waals surface area contributed by atoms with Crippen molar-refractivity contribution in [2.45, 2.75) is 51.6 Å². The lowest BCUT2D eigenvalue weighted by molar-refractivity contribution is -0.214. The predicted octanol–water partition coefficient (Wildman–Crippen LogP) is 3.91. The molecule has 5 rings (SSSR count). The molecule has 1 saturated carbocycles. The van der Waals surface area contributed by atoms with Crippen LogP contribution in [0.1, 0.15) is 43.7 Å². The van der Waals surface area contributed by atoms with Gasteiger partial charge in [0.15, 0.2) is 5.82 Å². The molecule has 8 nitrogen and oxygen atoms in total. The van der Waals surface area contributed by atoms with Gasteiger partial charge in [-0.1, -0.05) is 25.5 Å². The highest BCUT2D eigenvalue weighted by atomic mass is 19.3. The van der Waals surface area contributed by atoms with E-state index in [4.69, 9.17) is 10.5 Å². The van der Waals surface area contributed by atoms with Crippen molar-refractivity contribution in [3.8, 4) is 5.75 Å². The minimum Gasteiger partial charge on any atom is -0.496 e. The number of methoxy groups -OCH3 is 1. The molecule has 10 heteroatoms. The summed E-state index contributed by atoms with van der Waals surface area (Å²) in [5, 5.41) is 7.89. The molecule has 1 aliphatic heterocycles. The second kappa shape index (κ2) is 8.65. The number of hydrogen-bond donors (Lipinski definition) is 2. The molecule has 2 aromatic heterocycles. The van der Waals surface area contributed by atoms with E-state index in [-0.39, 0.29) is 24.2 Å². The van der Waals surface area contributed by atoms with Crippen molar-refractivity contribution in [2.24, 2.45) is 5.41 Å². The summed E-state index contributed by atoms with van der Waals surface area (Å²) >= 11 is 0. The Labute approximate surface area is 197 Å². The van der Waals surface area contributed by atoms with Crippen molar-refractivity contribution >= 4 is 22.8 Å². The molecule has 0 atom stereocenters. The van der Waals surface area contributed by atoms with Crippen LogP contribution >= 0.6 is 0 Å². The third-order valence-electron chi connectivity index (χ3n) is 6.79. The molecule has 0 unspecified atom stereocenters. The van der Waals surface area contributed by atoms with Gasteiger partial charge in [0, 0.05) is 50.0 Å². The number of fused-ring (bicyclic) bond motifs is 1. The van der Waals surface area contributed by atoms with E-state index < -0.39 is 5.92 Å². The maximum Gasteiger partial charge on any atom is 0.249 e. The van der Waals surface area contributed by atoms with Crippen molar-refractivity contribution in [1.29, 1.82) is 0 Å². The van der Waals surface area contributed by atoms with Crippen LogP contribution in [-0.2, 0) is 13.1 Å². The van der Waals surface area contributed by atoms with Gasteiger partial charge < -0.3 is 15.8 Å². The molecule has 2 fully saturated rings. The summed E-state index contributed by atoms with van der Waals surface area (Å²) in [5.74, 6) is -0.803. The van der Waals surface area contributed by atoms with E-state index in [1.165, 1.54) is 0 Å². The molecule has 0 radical (unpaired) electrons. The van der Waals surface area contributed by atoms with Gasteiger partial charge in [-0.05, 0) is 18.1 Å². The van der Waals surface area contributed by atoms with Crippen molar-refractivity contribution in [3.05, 3.63) is 35.5 Å². The second-order valence-corrected chi connectivity index (χ2v) is 9.75. The Balaban J connectivity index is 1.31. The van der Waals surface area contributed by atoms with E-state index in [9.17, 15) is 8.78 Å². The molecule has 0 amide bonds. The van der Waals surface area contributed by atoms with E-state index in [0.29, 0.717) is 17.9 Å². The van der Waals surface area contributed by atoms with E-state index >= 15 is 0 Å². The summed E-state index contributed by atoms with van der Waals surface area (Å²) in [4.78, 5) is 10.9. The zero-order valence-electron chi connectivity index (χ0n) is 19.7. The number of ether oxygens (including phenoxy) is 1. The Morgan fingerprint density at radius 3 is 2.68 bits per heavy atom. The topological polar surface area (TPSA) is 94.1 Å². The lowest BCUT2D eigenvalue weighted by Gasteiger charge is -2.58. The Kier molecular flexibility index (Phi) is 5.79. The molecule has 3 aromatic rings. The van der Waals surface area contributed by atoms with Crippen LogP contribution in [0.25, 0.3) is 11.0 Å². The molecule has 0 bridgehead atoms. The van der Waals surface area contributed by atoms with Crippen LogP contribution in [0.15, 0.2) is 24.4 Å². The fourth-order valence-corrected chi connectivity index (χ4v) is 5.36. The predicted molar refractivity (Wildman–Crippen MR) is 127 cm³/mol. The molecule has 182 valence electrons. The Bertz CT molecular complexity index is 1180. The maximum atomic E-state index is 13.3. The highest BCUT2D eigenvalue weighted by Gasteiger charge is 2.61. The van der Waals surface area contributed by atoms with Crippen LogP contribution < -0.4 is 15.8 Å². The lowest BCUT2D eigenvalue weighted by atomic mass is 9.61. The first-order valence-corrected chi connectivity index (χ1v) is 11.8. The fraction of sp³-hybridized carbons (Fsp3) is 0.542. The summed E-state index contributed by atoms with van der Waals surface area (Å²) in [6, 6.07) is 6.13. The number of nitrogens with one attached hydrogen (secondary N) is 1. The van der Waals surface area contributed by atoms with Gasteiger partial charge in [-0.2, -0.15) is 10.1 Å². The van der Waals surface area contributed by atoms with Crippen molar-refractivity contribution in [3.63, 3.8) is 0 Å². The number of rotatable bonds is 9. The number of nitrogens with zero attached hydrogens (tertiary/aromatic N) is 5. The number of nitrogen functional groups attached to an aromatic ring is 1. The summed E-state index contributed by atoms with van der Waals surface area (Å²) in [6.07, 6.45) is 3.85. The third-order valence-corrected chi connectivity index (χ3v) is 6.79. The lowest BCUT2D eigenvalue weighted by Crippen LogP contribution is -2.65. The van der Waals surface area contributed by atoms with Crippen LogP contribution in [0.2, 0.25) is 0 Å². The summed E-state index contributed by atoms with van der Waals surface area (Å²) in [7, 11) is 1.65. The zero-order valence-corrected chi connectivity index (χ0v) is 19.7. The average molecular weight is 472 g/mol. The average Bonchev–Trinajstić information content (AvgIpc) is 3.14. The minimum atomic E-state index is -2.46. The molecule has 3 N–H and O–H groups in total. The quantitative estimate of drug-likeness (QED) is 0.457. The molecule has 34 heavy (non-hydrogen) atoms. The van der Waals surface area contributed by atoms with Gasteiger partial charge >= 0.3 is 0 Å².